The number of carbonyl (C=O) groups excluding carboxylic acids is 2. The molecule has 27 heavy (non-hydrogen) atoms. The summed E-state index contributed by atoms with van der Waals surface area (Å²) in [5, 5.41) is 3.24. The summed E-state index contributed by atoms with van der Waals surface area (Å²) in [6.45, 7) is 1.85. The molecule has 4 rings (SSSR count). The van der Waals surface area contributed by atoms with Crippen LogP contribution in [0.2, 0.25) is 0 Å². The van der Waals surface area contributed by atoms with Crippen LogP contribution in [-0.4, -0.2) is 25.2 Å². The normalized spacial score (nSPS) is 20.7. The summed E-state index contributed by atoms with van der Waals surface area (Å²) in [6, 6.07) is 5.48. The fraction of sp³-hybridized carbons (Fsp3) is 0.333. The molecule has 0 amide bonds. The fourth-order valence-corrected chi connectivity index (χ4v) is 3.86. The molecule has 6 heteroatoms. The van der Waals surface area contributed by atoms with Crippen molar-refractivity contribution in [3.63, 3.8) is 0 Å². The van der Waals surface area contributed by atoms with Gasteiger partial charge in [-0.2, -0.15) is 0 Å². The minimum Gasteiger partial charge on any atom is -0.454 e. The van der Waals surface area contributed by atoms with Crippen molar-refractivity contribution in [2.75, 3.05) is 13.4 Å². The SMILES string of the molecule is C#CCOC(=O)C1=C(C)NC2=C(C(=O)CCC2)C1c1ccc2c(c1)OCO2. The van der Waals surface area contributed by atoms with E-state index < -0.39 is 11.9 Å². The summed E-state index contributed by atoms with van der Waals surface area (Å²) in [6.07, 6.45) is 7.25. The fourth-order valence-electron chi connectivity index (χ4n) is 3.86. The van der Waals surface area contributed by atoms with E-state index in [1.54, 1.807) is 6.07 Å². The Hall–Kier alpha value is -3.20. The predicted octanol–water partition coefficient (Wildman–Crippen LogP) is 2.56. The average molecular weight is 365 g/mol. The van der Waals surface area contributed by atoms with Crippen molar-refractivity contribution < 1.29 is 23.8 Å². The summed E-state index contributed by atoms with van der Waals surface area (Å²) in [5.41, 5.74) is 3.36. The van der Waals surface area contributed by atoms with E-state index in [0.29, 0.717) is 34.8 Å². The minimum absolute atomic E-state index is 0.0427. The Morgan fingerprint density at radius 3 is 2.96 bits per heavy atom. The van der Waals surface area contributed by atoms with Crippen molar-refractivity contribution in [2.24, 2.45) is 0 Å². The number of allylic oxidation sites excluding steroid dienone is 3. The first-order chi connectivity index (χ1) is 13.1. The van der Waals surface area contributed by atoms with Crippen LogP contribution in [-0.2, 0) is 14.3 Å². The highest BCUT2D eigenvalue weighted by Crippen LogP contribution is 2.45. The highest BCUT2D eigenvalue weighted by atomic mass is 16.7. The van der Waals surface area contributed by atoms with Gasteiger partial charge in [0.25, 0.3) is 0 Å². The van der Waals surface area contributed by atoms with Crippen molar-refractivity contribution in [3.05, 3.63) is 46.3 Å². The van der Waals surface area contributed by atoms with Crippen LogP contribution in [0.3, 0.4) is 0 Å². The smallest absolute Gasteiger partial charge is 0.337 e. The molecule has 0 radical (unpaired) electrons. The van der Waals surface area contributed by atoms with E-state index >= 15 is 0 Å². The van der Waals surface area contributed by atoms with Crippen LogP contribution in [0.15, 0.2) is 40.7 Å². The van der Waals surface area contributed by atoms with Gasteiger partial charge >= 0.3 is 5.97 Å². The van der Waals surface area contributed by atoms with E-state index in [9.17, 15) is 9.59 Å². The van der Waals surface area contributed by atoms with Gasteiger partial charge in [-0.15, -0.1) is 6.42 Å². The van der Waals surface area contributed by atoms with Crippen LogP contribution in [0.25, 0.3) is 0 Å². The summed E-state index contributed by atoms with van der Waals surface area (Å²) in [5.74, 6) is 2.55. The number of fused-ring (bicyclic) bond motifs is 1. The summed E-state index contributed by atoms with van der Waals surface area (Å²) in [4.78, 5) is 25.5. The lowest BCUT2D eigenvalue weighted by Crippen LogP contribution is -2.34. The van der Waals surface area contributed by atoms with Crippen molar-refractivity contribution in [3.8, 4) is 23.8 Å². The van der Waals surface area contributed by atoms with Gasteiger partial charge in [0, 0.05) is 29.3 Å². The Morgan fingerprint density at radius 2 is 2.15 bits per heavy atom. The van der Waals surface area contributed by atoms with Gasteiger partial charge in [0.05, 0.1) is 5.57 Å². The number of Topliss-reactive ketones (excluding diaryl/α,β-unsaturated/α-hetero) is 1. The van der Waals surface area contributed by atoms with E-state index in [0.717, 1.165) is 24.1 Å². The number of esters is 1. The highest BCUT2D eigenvalue weighted by Gasteiger charge is 2.39. The Bertz CT molecular complexity index is 934. The molecule has 2 heterocycles. The molecule has 0 saturated heterocycles. The van der Waals surface area contributed by atoms with Crippen LogP contribution in [0, 0.1) is 12.3 Å². The Kier molecular flexibility index (Phi) is 4.36. The predicted molar refractivity (Wildman–Crippen MR) is 96.8 cm³/mol. The lowest BCUT2D eigenvalue weighted by Gasteiger charge is -2.34. The summed E-state index contributed by atoms with van der Waals surface area (Å²) >= 11 is 0. The number of carbonyl (C=O) groups is 2. The molecule has 0 fully saturated rings. The lowest BCUT2D eigenvalue weighted by atomic mass is 9.75. The zero-order chi connectivity index (χ0) is 19.0. The lowest BCUT2D eigenvalue weighted by molar-refractivity contribution is -0.138. The van der Waals surface area contributed by atoms with E-state index in [4.69, 9.17) is 20.6 Å². The Labute approximate surface area is 157 Å². The number of hydrogen-bond donors (Lipinski definition) is 1. The quantitative estimate of drug-likeness (QED) is 0.656. The standard InChI is InChI=1S/C21H19NO5/c1-3-9-25-21(24)18-12(2)22-14-5-4-6-15(23)20(14)19(18)13-7-8-16-17(10-13)27-11-26-16/h1,7-8,10,19,22H,4-6,9,11H2,2H3. The molecule has 138 valence electrons. The van der Waals surface area contributed by atoms with Gasteiger partial charge in [-0.1, -0.05) is 12.0 Å². The third kappa shape index (κ3) is 2.95. The van der Waals surface area contributed by atoms with Gasteiger partial charge in [0.2, 0.25) is 6.79 Å². The molecular formula is C21H19NO5. The second-order valence-corrected chi connectivity index (χ2v) is 6.66. The van der Waals surface area contributed by atoms with Gasteiger partial charge in [0.1, 0.15) is 0 Å². The van der Waals surface area contributed by atoms with Gasteiger partial charge in [-0.25, -0.2) is 4.79 Å². The Balaban J connectivity index is 1.83. The van der Waals surface area contributed by atoms with Crippen molar-refractivity contribution >= 4 is 11.8 Å². The van der Waals surface area contributed by atoms with E-state index in [-0.39, 0.29) is 19.2 Å². The first kappa shape index (κ1) is 17.2. The zero-order valence-electron chi connectivity index (χ0n) is 15.0. The van der Waals surface area contributed by atoms with Crippen LogP contribution >= 0.6 is 0 Å². The Morgan fingerprint density at radius 1 is 1.33 bits per heavy atom. The maximum Gasteiger partial charge on any atom is 0.337 e. The van der Waals surface area contributed by atoms with Gasteiger partial charge < -0.3 is 19.5 Å². The number of ether oxygens (including phenoxy) is 3. The number of dihydropyridines is 1. The highest BCUT2D eigenvalue weighted by molar-refractivity contribution is 6.03. The average Bonchev–Trinajstić information content (AvgIpc) is 3.13. The molecule has 1 aromatic rings. The molecule has 6 nitrogen and oxygen atoms in total. The molecule has 1 aromatic carbocycles. The van der Waals surface area contributed by atoms with Gasteiger partial charge in [0.15, 0.2) is 23.9 Å². The molecule has 1 unspecified atom stereocenters. The zero-order valence-corrected chi connectivity index (χ0v) is 15.0. The maximum atomic E-state index is 12.8. The van der Waals surface area contributed by atoms with E-state index in [1.165, 1.54) is 0 Å². The van der Waals surface area contributed by atoms with Gasteiger partial charge in [-0.05, 0) is 37.5 Å². The van der Waals surface area contributed by atoms with Crippen LogP contribution in [0.4, 0.5) is 0 Å². The molecular weight excluding hydrogens is 346 g/mol. The molecule has 1 aliphatic carbocycles. The molecule has 3 aliphatic rings. The molecule has 0 bridgehead atoms. The summed E-state index contributed by atoms with van der Waals surface area (Å²) in [7, 11) is 0. The number of nitrogens with one attached hydrogen (secondary N) is 1. The van der Waals surface area contributed by atoms with Crippen molar-refractivity contribution in [1.82, 2.24) is 5.32 Å². The summed E-state index contributed by atoms with van der Waals surface area (Å²) < 4.78 is 16.1. The number of benzene rings is 1. The van der Waals surface area contributed by atoms with Crippen molar-refractivity contribution in [1.29, 1.82) is 0 Å². The van der Waals surface area contributed by atoms with E-state index in [1.807, 2.05) is 19.1 Å². The largest absolute Gasteiger partial charge is 0.454 e. The van der Waals surface area contributed by atoms with Crippen molar-refractivity contribution in [2.45, 2.75) is 32.1 Å². The number of hydrogen-bond acceptors (Lipinski definition) is 6. The van der Waals surface area contributed by atoms with Crippen LogP contribution in [0.5, 0.6) is 11.5 Å². The molecule has 0 spiro atoms. The number of rotatable bonds is 3. The molecule has 1 N–H and O–H groups in total. The van der Waals surface area contributed by atoms with E-state index in [2.05, 4.69) is 11.2 Å². The first-order valence-corrected chi connectivity index (χ1v) is 8.84. The molecule has 0 saturated carbocycles. The molecule has 1 atom stereocenters. The first-order valence-electron chi connectivity index (χ1n) is 8.84. The second kappa shape index (κ2) is 6.84. The second-order valence-electron chi connectivity index (χ2n) is 6.66. The minimum atomic E-state index is -0.523. The van der Waals surface area contributed by atoms with Gasteiger partial charge in [-0.3, -0.25) is 4.79 Å². The topological polar surface area (TPSA) is 73.9 Å². The number of ketones is 1. The maximum absolute atomic E-state index is 12.8. The molecule has 0 aromatic heterocycles. The third-order valence-electron chi connectivity index (χ3n) is 5.01. The molecule has 2 aliphatic heterocycles. The number of terminal acetylenes is 1. The third-order valence-corrected chi connectivity index (χ3v) is 5.01. The monoisotopic (exact) mass is 365 g/mol. The van der Waals surface area contributed by atoms with Crippen LogP contribution < -0.4 is 14.8 Å². The van der Waals surface area contributed by atoms with Crippen LogP contribution in [0.1, 0.15) is 37.7 Å².